The van der Waals surface area contributed by atoms with Gasteiger partial charge in [-0.15, -0.1) is 0 Å². The molecule has 1 aliphatic carbocycles. The second kappa shape index (κ2) is 7.72. The molecule has 1 atom stereocenters. The Morgan fingerprint density at radius 1 is 1.21 bits per heavy atom. The lowest BCUT2D eigenvalue weighted by Gasteiger charge is -2.18. The van der Waals surface area contributed by atoms with Crippen LogP contribution in [-0.2, 0) is 13.5 Å². The van der Waals surface area contributed by atoms with Crippen LogP contribution in [-0.4, -0.2) is 26.0 Å². The molecule has 0 saturated carbocycles. The van der Waals surface area contributed by atoms with Gasteiger partial charge in [0.25, 0.3) is 0 Å². The summed E-state index contributed by atoms with van der Waals surface area (Å²) in [6.07, 6.45) is 8.36. The highest BCUT2D eigenvalue weighted by atomic mass is 16.4. The molecule has 0 spiro atoms. The smallest absolute Gasteiger partial charge is 0.405 e. The van der Waals surface area contributed by atoms with E-state index in [4.69, 9.17) is 5.11 Å². The third-order valence-electron chi connectivity index (χ3n) is 5.08. The first-order valence-electron chi connectivity index (χ1n) is 9.43. The number of carbonyl (C=O) groups is 1. The van der Waals surface area contributed by atoms with Gasteiger partial charge < -0.3 is 15.7 Å². The van der Waals surface area contributed by atoms with Crippen molar-refractivity contribution in [1.29, 1.82) is 0 Å². The maximum Gasteiger partial charge on any atom is 0.405 e. The zero-order valence-corrected chi connectivity index (χ0v) is 15.7. The number of benzene rings is 1. The van der Waals surface area contributed by atoms with E-state index in [2.05, 4.69) is 38.9 Å². The zero-order valence-electron chi connectivity index (χ0n) is 15.7. The molecule has 1 unspecified atom stereocenters. The Kier molecular flexibility index (Phi) is 4.97. The average molecular weight is 377 g/mol. The van der Waals surface area contributed by atoms with Crippen molar-refractivity contribution < 1.29 is 9.90 Å². The van der Waals surface area contributed by atoms with Crippen LogP contribution in [0, 0.1) is 0 Å². The predicted molar refractivity (Wildman–Crippen MR) is 108 cm³/mol. The molecule has 28 heavy (non-hydrogen) atoms. The van der Waals surface area contributed by atoms with Gasteiger partial charge in [-0.25, -0.2) is 9.78 Å². The lowest BCUT2D eigenvalue weighted by Crippen LogP contribution is -2.26. The molecule has 144 valence electrons. The Labute approximate surface area is 163 Å². The third kappa shape index (κ3) is 3.98. The Hall–Kier alpha value is -3.35. The summed E-state index contributed by atoms with van der Waals surface area (Å²) < 4.78 is 1.74. The van der Waals surface area contributed by atoms with Crippen molar-refractivity contribution >= 4 is 17.6 Å². The number of pyridine rings is 1. The number of amides is 1. The zero-order chi connectivity index (χ0) is 19.5. The van der Waals surface area contributed by atoms with E-state index in [1.165, 1.54) is 5.56 Å². The first-order valence-corrected chi connectivity index (χ1v) is 9.43. The van der Waals surface area contributed by atoms with Crippen LogP contribution in [0.1, 0.15) is 36.4 Å². The van der Waals surface area contributed by atoms with Gasteiger partial charge in [0.15, 0.2) is 0 Å². The van der Waals surface area contributed by atoms with Crippen molar-refractivity contribution in [3.63, 3.8) is 0 Å². The highest BCUT2D eigenvalue weighted by Gasteiger charge is 2.20. The molecule has 1 amide bonds. The molecule has 0 fully saturated rings. The van der Waals surface area contributed by atoms with Gasteiger partial charge in [-0.3, -0.25) is 4.68 Å². The molecule has 4 rings (SSSR count). The summed E-state index contributed by atoms with van der Waals surface area (Å²) in [5, 5.41) is 19.2. The van der Waals surface area contributed by atoms with Crippen molar-refractivity contribution in [1.82, 2.24) is 20.1 Å². The fraction of sp³-hybridized carbons (Fsp3) is 0.286. The van der Waals surface area contributed by atoms with E-state index in [9.17, 15) is 4.79 Å². The number of hydrogen-bond donors (Lipinski definition) is 3. The highest BCUT2D eigenvalue weighted by Crippen LogP contribution is 2.32. The van der Waals surface area contributed by atoms with Gasteiger partial charge in [0, 0.05) is 19.4 Å². The molecule has 0 aliphatic heterocycles. The van der Waals surface area contributed by atoms with Gasteiger partial charge in [-0.05, 0) is 53.6 Å². The highest BCUT2D eigenvalue weighted by molar-refractivity contribution is 5.70. The number of aromatic nitrogens is 3. The number of aryl methyl sites for hydroxylation is 2. The lowest BCUT2D eigenvalue weighted by molar-refractivity contribution is 0.189. The van der Waals surface area contributed by atoms with Gasteiger partial charge >= 0.3 is 6.09 Å². The maximum atomic E-state index is 11.1. The van der Waals surface area contributed by atoms with Crippen molar-refractivity contribution in [2.24, 2.45) is 7.05 Å². The molecular weight excluding hydrogens is 354 g/mol. The summed E-state index contributed by atoms with van der Waals surface area (Å²) in [6, 6.07) is 10.2. The van der Waals surface area contributed by atoms with E-state index in [1.54, 1.807) is 17.1 Å². The molecule has 2 heterocycles. The van der Waals surface area contributed by atoms with Gasteiger partial charge in [0.05, 0.1) is 17.9 Å². The van der Waals surface area contributed by atoms with Crippen LogP contribution >= 0.6 is 0 Å². The second-order valence-electron chi connectivity index (χ2n) is 7.12. The van der Waals surface area contributed by atoms with E-state index in [0.29, 0.717) is 0 Å². The number of carboxylic acid groups (broad SMARTS) is 1. The summed E-state index contributed by atoms with van der Waals surface area (Å²) in [5.41, 5.74) is 5.36. The number of nitrogens with zero attached hydrogens (tertiary/aromatic N) is 3. The normalized spacial score (nSPS) is 16.1. The molecule has 1 aromatic carbocycles. The Morgan fingerprint density at radius 3 is 2.86 bits per heavy atom. The molecular formula is C21H23N5O2. The number of hydrogen-bond acceptors (Lipinski definition) is 4. The number of anilines is 2. The topological polar surface area (TPSA) is 92.1 Å². The summed E-state index contributed by atoms with van der Waals surface area (Å²) in [6.45, 7) is 0. The van der Waals surface area contributed by atoms with Crippen LogP contribution in [0.3, 0.4) is 0 Å². The van der Waals surface area contributed by atoms with Crippen LogP contribution in [0.15, 0.2) is 48.9 Å². The molecule has 0 bridgehead atoms. The minimum Gasteiger partial charge on any atom is -0.465 e. The molecule has 2 aromatic heterocycles. The lowest BCUT2D eigenvalue weighted by atomic mass is 9.94. The van der Waals surface area contributed by atoms with E-state index in [-0.39, 0.29) is 6.04 Å². The SMILES string of the molecule is Cn1cc(Nc2cc(-c3ccc4c(c3)CCCCC4NC(=O)O)ccn2)cn1. The van der Waals surface area contributed by atoms with Crippen molar-refractivity contribution in [3.8, 4) is 11.1 Å². The summed E-state index contributed by atoms with van der Waals surface area (Å²) in [5.74, 6) is 0.755. The fourth-order valence-corrected chi connectivity index (χ4v) is 3.77. The fourth-order valence-electron chi connectivity index (χ4n) is 3.77. The van der Waals surface area contributed by atoms with Crippen molar-refractivity contribution in [3.05, 3.63) is 60.0 Å². The van der Waals surface area contributed by atoms with E-state index in [1.807, 2.05) is 25.4 Å². The Bertz CT molecular complexity index is 998. The quantitative estimate of drug-likeness (QED) is 0.591. The minimum atomic E-state index is -0.970. The standard InChI is InChI=1S/C21H23N5O2/c1-26-13-17(12-23-26)24-20-11-15(8-9-22-20)14-6-7-18-16(10-14)4-2-3-5-19(18)25-21(27)28/h6-13,19,25H,2-5H2,1H3,(H,22,24)(H,27,28). The summed E-state index contributed by atoms with van der Waals surface area (Å²) in [7, 11) is 1.87. The van der Waals surface area contributed by atoms with Gasteiger partial charge in [-0.1, -0.05) is 24.6 Å². The molecule has 1 aliphatic rings. The third-order valence-corrected chi connectivity index (χ3v) is 5.08. The van der Waals surface area contributed by atoms with E-state index in [0.717, 1.165) is 53.9 Å². The number of rotatable bonds is 4. The monoisotopic (exact) mass is 377 g/mol. The number of fused-ring (bicyclic) bond motifs is 1. The number of nitrogens with one attached hydrogen (secondary N) is 2. The van der Waals surface area contributed by atoms with Gasteiger partial charge in [0.2, 0.25) is 0 Å². The first kappa shape index (κ1) is 18.0. The summed E-state index contributed by atoms with van der Waals surface area (Å²) >= 11 is 0. The van der Waals surface area contributed by atoms with Crippen molar-refractivity contribution in [2.45, 2.75) is 31.7 Å². The van der Waals surface area contributed by atoms with E-state index < -0.39 is 6.09 Å². The summed E-state index contributed by atoms with van der Waals surface area (Å²) in [4.78, 5) is 15.5. The molecule has 7 heteroatoms. The van der Waals surface area contributed by atoms with Crippen LogP contribution in [0.25, 0.3) is 11.1 Å². The van der Waals surface area contributed by atoms with Crippen LogP contribution < -0.4 is 10.6 Å². The van der Waals surface area contributed by atoms with Gasteiger partial charge in [0.1, 0.15) is 5.82 Å². The Balaban J connectivity index is 1.62. The first-order chi connectivity index (χ1) is 13.6. The molecule has 0 saturated heterocycles. The van der Waals surface area contributed by atoms with E-state index >= 15 is 0 Å². The van der Waals surface area contributed by atoms with Gasteiger partial charge in [-0.2, -0.15) is 5.10 Å². The van der Waals surface area contributed by atoms with Crippen LogP contribution in [0.2, 0.25) is 0 Å². The largest absolute Gasteiger partial charge is 0.465 e. The predicted octanol–water partition coefficient (Wildman–Crippen LogP) is 4.26. The Morgan fingerprint density at radius 2 is 2.07 bits per heavy atom. The molecule has 3 N–H and O–H groups in total. The second-order valence-corrected chi connectivity index (χ2v) is 7.12. The van der Waals surface area contributed by atoms with Crippen molar-refractivity contribution in [2.75, 3.05) is 5.32 Å². The minimum absolute atomic E-state index is 0.135. The molecule has 3 aromatic rings. The van der Waals surface area contributed by atoms with Crippen LogP contribution in [0.4, 0.5) is 16.3 Å². The van der Waals surface area contributed by atoms with Crippen LogP contribution in [0.5, 0.6) is 0 Å². The molecule has 7 nitrogen and oxygen atoms in total. The molecule has 0 radical (unpaired) electrons. The maximum absolute atomic E-state index is 11.1. The average Bonchev–Trinajstić information content (AvgIpc) is 2.98.